The smallest absolute Gasteiger partial charge is 0.0365 e. The van der Waals surface area contributed by atoms with Gasteiger partial charge in [-0.2, -0.15) is 0 Å². The molecule has 3 atom stereocenters. The molecule has 0 spiro atoms. The maximum atomic E-state index is 3.82. The summed E-state index contributed by atoms with van der Waals surface area (Å²) >= 11 is 1.90. The van der Waals surface area contributed by atoms with Crippen LogP contribution in [0, 0.1) is 11.8 Å². The van der Waals surface area contributed by atoms with E-state index in [9.17, 15) is 0 Å². The van der Waals surface area contributed by atoms with Crippen molar-refractivity contribution in [1.29, 1.82) is 0 Å². The van der Waals surface area contributed by atoms with E-state index in [2.05, 4.69) is 48.8 Å². The normalized spacial score (nSPS) is 24.3. The summed E-state index contributed by atoms with van der Waals surface area (Å²) in [6.45, 7) is 5.67. The third-order valence-corrected chi connectivity index (χ3v) is 6.17. The van der Waals surface area contributed by atoms with Gasteiger partial charge >= 0.3 is 0 Å². The van der Waals surface area contributed by atoms with E-state index in [1.807, 2.05) is 11.3 Å². The zero-order valence-electron chi connectivity index (χ0n) is 13.3. The SMILES string of the molecule is CCNC(c1csc2ccccc12)C1CCCCC1CC. The van der Waals surface area contributed by atoms with Crippen LogP contribution in [0.15, 0.2) is 29.6 Å². The molecule has 2 aromatic rings. The van der Waals surface area contributed by atoms with Crippen molar-refractivity contribution in [2.45, 2.75) is 52.0 Å². The molecule has 1 saturated carbocycles. The van der Waals surface area contributed by atoms with Crippen LogP contribution in [0.25, 0.3) is 10.1 Å². The van der Waals surface area contributed by atoms with Crippen LogP contribution in [0.3, 0.4) is 0 Å². The molecule has 21 heavy (non-hydrogen) atoms. The number of hydrogen-bond donors (Lipinski definition) is 1. The van der Waals surface area contributed by atoms with Crippen molar-refractivity contribution < 1.29 is 0 Å². The second kappa shape index (κ2) is 6.93. The largest absolute Gasteiger partial charge is 0.310 e. The average Bonchev–Trinajstić information content (AvgIpc) is 2.96. The van der Waals surface area contributed by atoms with Gasteiger partial charge in [-0.25, -0.2) is 0 Å². The van der Waals surface area contributed by atoms with Gasteiger partial charge in [0.2, 0.25) is 0 Å². The highest BCUT2D eigenvalue weighted by Crippen LogP contribution is 2.43. The Morgan fingerprint density at radius 3 is 2.81 bits per heavy atom. The molecule has 1 aromatic carbocycles. The molecule has 114 valence electrons. The first-order valence-electron chi connectivity index (χ1n) is 8.54. The van der Waals surface area contributed by atoms with Crippen LogP contribution in [-0.4, -0.2) is 6.54 Å². The molecule has 1 aliphatic rings. The maximum Gasteiger partial charge on any atom is 0.0365 e. The Morgan fingerprint density at radius 2 is 2.00 bits per heavy atom. The van der Waals surface area contributed by atoms with Crippen LogP contribution in [0.4, 0.5) is 0 Å². The number of nitrogens with one attached hydrogen (secondary N) is 1. The second-order valence-corrected chi connectivity index (χ2v) is 7.25. The van der Waals surface area contributed by atoms with Crippen LogP contribution < -0.4 is 5.32 Å². The highest BCUT2D eigenvalue weighted by atomic mass is 32.1. The summed E-state index contributed by atoms with van der Waals surface area (Å²) in [5, 5.41) is 7.69. The topological polar surface area (TPSA) is 12.0 Å². The van der Waals surface area contributed by atoms with E-state index in [1.54, 1.807) is 5.56 Å². The molecule has 1 N–H and O–H groups in total. The molecule has 0 saturated heterocycles. The van der Waals surface area contributed by atoms with Gasteiger partial charge in [-0.3, -0.25) is 0 Å². The molecule has 0 amide bonds. The lowest BCUT2D eigenvalue weighted by Crippen LogP contribution is -2.34. The highest BCUT2D eigenvalue weighted by molar-refractivity contribution is 7.17. The summed E-state index contributed by atoms with van der Waals surface area (Å²) in [5.41, 5.74) is 1.54. The Balaban J connectivity index is 1.96. The van der Waals surface area contributed by atoms with E-state index in [0.29, 0.717) is 6.04 Å². The molecule has 0 aliphatic heterocycles. The Bertz CT molecular complexity index is 574. The van der Waals surface area contributed by atoms with E-state index < -0.39 is 0 Å². The van der Waals surface area contributed by atoms with Gasteiger partial charge in [-0.1, -0.05) is 57.7 Å². The number of rotatable bonds is 5. The lowest BCUT2D eigenvalue weighted by molar-refractivity contribution is 0.177. The molecule has 2 heteroatoms. The van der Waals surface area contributed by atoms with Crippen LogP contribution in [0.2, 0.25) is 0 Å². The van der Waals surface area contributed by atoms with Crippen molar-refractivity contribution >= 4 is 21.4 Å². The van der Waals surface area contributed by atoms with Crippen LogP contribution in [0.1, 0.15) is 57.6 Å². The lowest BCUT2D eigenvalue weighted by Gasteiger charge is -2.37. The third kappa shape index (κ3) is 3.02. The summed E-state index contributed by atoms with van der Waals surface area (Å²) in [4.78, 5) is 0. The van der Waals surface area contributed by atoms with E-state index in [1.165, 1.54) is 42.2 Å². The minimum Gasteiger partial charge on any atom is -0.310 e. The highest BCUT2D eigenvalue weighted by Gasteiger charge is 2.32. The van der Waals surface area contributed by atoms with Crippen LogP contribution in [-0.2, 0) is 0 Å². The molecule has 1 nitrogen and oxygen atoms in total. The molecule has 0 bridgehead atoms. The minimum atomic E-state index is 0.538. The first-order valence-corrected chi connectivity index (χ1v) is 9.42. The molecular weight excluding hydrogens is 274 g/mol. The van der Waals surface area contributed by atoms with Crippen molar-refractivity contribution in [1.82, 2.24) is 5.32 Å². The summed E-state index contributed by atoms with van der Waals surface area (Å²) in [6, 6.07) is 9.43. The Morgan fingerprint density at radius 1 is 1.19 bits per heavy atom. The van der Waals surface area contributed by atoms with Gasteiger partial charge in [-0.15, -0.1) is 11.3 Å². The van der Waals surface area contributed by atoms with E-state index >= 15 is 0 Å². The van der Waals surface area contributed by atoms with Gasteiger partial charge in [0.05, 0.1) is 0 Å². The molecule has 1 heterocycles. The van der Waals surface area contributed by atoms with Gasteiger partial charge in [0.15, 0.2) is 0 Å². The summed E-state index contributed by atoms with van der Waals surface area (Å²) < 4.78 is 1.43. The van der Waals surface area contributed by atoms with Gasteiger partial charge in [0.1, 0.15) is 0 Å². The predicted molar refractivity (Wildman–Crippen MR) is 94.0 cm³/mol. The van der Waals surface area contributed by atoms with Gasteiger partial charge < -0.3 is 5.32 Å². The average molecular weight is 301 g/mol. The molecule has 3 rings (SSSR count). The van der Waals surface area contributed by atoms with E-state index in [-0.39, 0.29) is 0 Å². The minimum absolute atomic E-state index is 0.538. The quantitative estimate of drug-likeness (QED) is 0.739. The molecule has 3 unspecified atom stereocenters. The number of hydrogen-bond acceptors (Lipinski definition) is 2. The standard InChI is InChI=1S/C19H27NS/c1-3-14-9-5-6-10-15(14)19(20-4-2)17-13-21-18-12-8-7-11-16(17)18/h7-8,11-15,19-20H,3-6,9-10H2,1-2H3. The first kappa shape index (κ1) is 15.1. The predicted octanol–water partition coefficient (Wildman–Crippen LogP) is 5.77. The number of fused-ring (bicyclic) bond motifs is 1. The van der Waals surface area contributed by atoms with Crippen molar-refractivity contribution in [2.24, 2.45) is 11.8 Å². The molecule has 1 fully saturated rings. The fourth-order valence-corrected chi connectivity index (χ4v) is 5.13. The zero-order chi connectivity index (χ0) is 14.7. The maximum absolute atomic E-state index is 3.82. The molecule has 1 aliphatic carbocycles. The monoisotopic (exact) mass is 301 g/mol. The Labute approximate surface area is 132 Å². The Kier molecular flexibility index (Phi) is 4.97. The fraction of sp³-hybridized carbons (Fsp3) is 0.579. The van der Waals surface area contributed by atoms with Crippen molar-refractivity contribution in [2.75, 3.05) is 6.54 Å². The van der Waals surface area contributed by atoms with Gasteiger partial charge in [0, 0.05) is 10.7 Å². The molecule has 0 radical (unpaired) electrons. The zero-order valence-corrected chi connectivity index (χ0v) is 14.1. The van der Waals surface area contributed by atoms with Crippen molar-refractivity contribution in [3.05, 3.63) is 35.2 Å². The summed E-state index contributed by atoms with van der Waals surface area (Å²) in [5.74, 6) is 1.70. The third-order valence-electron chi connectivity index (χ3n) is 5.19. The summed E-state index contributed by atoms with van der Waals surface area (Å²) in [7, 11) is 0. The lowest BCUT2D eigenvalue weighted by atomic mass is 9.72. The van der Waals surface area contributed by atoms with Crippen LogP contribution >= 0.6 is 11.3 Å². The second-order valence-electron chi connectivity index (χ2n) is 6.34. The number of benzene rings is 1. The van der Waals surface area contributed by atoms with E-state index in [0.717, 1.165) is 18.4 Å². The van der Waals surface area contributed by atoms with Crippen LogP contribution in [0.5, 0.6) is 0 Å². The van der Waals surface area contributed by atoms with Crippen molar-refractivity contribution in [3.63, 3.8) is 0 Å². The van der Waals surface area contributed by atoms with Crippen molar-refractivity contribution in [3.8, 4) is 0 Å². The Hall–Kier alpha value is -0.860. The summed E-state index contributed by atoms with van der Waals surface area (Å²) in [6.07, 6.45) is 6.98. The first-order chi connectivity index (χ1) is 10.3. The number of thiophene rings is 1. The van der Waals surface area contributed by atoms with E-state index in [4.69, 9.17) is 0 Å². The van der Waals surface area contributed by atoms with Gasteiger partial charge in [0.25, 0.3) is 0 Å². The molecular formula is C19H27NS. The van der Waals surface area contributed by atoms with Gasteiger partial charge in [-0.05, 0) is 47.2 Å². The fourth-order valence-electron chi connectivity index (χ4n) is 4.13. The molecule has 1 aromatic heterocycles.